The van der Waals surface area contributed by atoms with Gasteiger partial charge in [0.1, 0.15) is 0 Å². The van der Waals surface area contributed by atoms with Crippen molar-refractivity contribution in [3.8, 4) is 0 Å². The largest absolute Gasteiger partial charge is 0.432 e. The van der Waals surface area contributed by atoms with E-state index in [1.807, 2.05) is 0 Å². The lowest BCUT2D eigenvalue weighted by Crippen LogP contribution is -2.42. The average molecular weight is 281 g/mol. The van der Waals surface area contributed by atoms with E-state index >= 15 is 0 Å². The van der Waals surface area contributed by atoms with Crippen LogP contribution in [0.1, 0.15) is 13.8 Å². The van der Waals surface area contributed by atoms with Gasteiger partial charge >= 0.3 is 5.97 Å². The molecule has 4 nitrogen and oxygen atoms in total. The maximum Gasteiger partial charge on any atom is 0.332 e. The molecule has 5 heteroatoms. The highest BCUT2D eigenvalue weighted by molar-refractivity contribution is 9.09. The van der Waals surface area contributed by atoms with Crippen LogP contribution in [0.5, 0.6) is 0 Å². The van der Waals surface area contributed by atoms with Crippen molar-refractivity contribution >= 4 is 21.9 Å². The Labute approximate surface area is 98.4 Å². The standard InChI is InChI=1S/C10H17BrO4/c1-4-8(13)15-9(14-5-2)10(3,6-11)7-12/h4,9,12H,1,5-7H2,2-3H3. The second kappa shape index (κ2) is 6.98. The maximum absolute atomic E-state index is 11.1. The van der Waals surface area contributed by atoms with Crippen LogP contribution in [-0.4, -0.2) is 35.9 Å². The van der Waals surface area contributed by atoms with Crippen LogP contribution in [-0.2, 0) is 14.3 Å². The number of hydrogen-bond donors (Lipinski definition) is 1. The number of aliphatic hydroxyl groups is 1. The first-order chi connectivity index (χ1) is 7.03. The number of alkyl halides is 1. The van der Waals surface area contributed by atoms with Crippen molar-refractivity contribution < 1.29 is 19.4 Å². The van der Waals surface area contributed by atoms with Gasteiger partial charge in [-0.2, -0.15) is 0 Å². The van der Waals surface area contributed by atoms with E-state index in [0.717, 1.165) is 6.08 Å². The maximum atomic E-state index is 11.1. The predicted octanol–water partition coefficient (Wildman–Crippen LogP) is 1.47. The number of esters is 1. The van der Waals surface area contributed by atoms with E-state index in [1.165, 1.54) is 0 Å². The van der Waals surface area contributed by atoms with Crippen molar-refractivity contribution in [1.82, 2.24) is 0 Å². The number of carbonyl (C=O) groups excluding carboxylic acids is 1. The minimum absolute atomic E-state index is 0.145. The fraction of sp³-hybridized carbons (Fsp3) is 0.700. The van der Waals surface area contributed by atoms with Crippen LogP contribution in [0.25, 0.3) is 0 Å². The highest BCUT2D eigenvalue weighted by atomic mass is 79.9. The van der Waals surface area contributed by atoms with E-state index in [9.17, 15) is 9.90 Å². The van der Waals surface area contributed by atoms with Crippen LogP contribution in [0.2, 0.25) is 0 Å². The van der Waals surface area contributed by atoms with E-state index < -0.39 is 17.7 Å². The SMILES string of the molecule is C=CC(=O)OC(OCC)C(C)(CO)CBr. The predicted molar refractivity (Wildman–Crippen MR) is 60.7 cm³/mol. The van der Waals surface area contributed by atoms with Gasteiger partial charge in [0.25, 0.3) is 0 Å². The summed E-state index contributed by atoms with van der Waals surface area (Å²) in [5.41, 5.74) is -0.658. The molecule has 0 aliphatic carbocycles. The van der Waals surface area contributed by atoms with Crippen molar-refractivity contribution in [1.29, 1.82) is 0 Å². The normalized spacial score (nSPS) is 16.5. The number of aliphatic hydroxyl groups excluding tert-OH is 1. The smallest absolute Gasteiger partial charge is 0.332 e. The summed E-state index contributed by atoms with van der Waals surface area (Å²) < 4.78 is 10.3. The van der Waals surface area contributed by atoms with Crippen molar-refractivity contribution in [2.45, 2.75) is 20.1 Å². The molecule has 0 aliphatic rings. The summed E-state index contributed by atoms with van der Waals surface area (Å²) >= 11 is 3.26. The zero-order chi connectivity index (χ0) is 11.9. The highest BCUT2D eigenvalue weighted by Crippen LogP contribution is 2.27. The Morgan fingerprint density at radius 1 is 1.73 bits per heavy atom. The summed E-state index contributed by atoms with van der Waals surface area (Å²) in [4.78, 5) is 11.1. The topological polar surface area (TPSA) is 55.8 Å². The summed E-state index contributed by atoms with van der Waals surface area (Å²) in [5.74, 6) is -0.561. The van der Waals surface area contributed by atoms with Crippen molar-refractivity contribution in [3.63, 3.8) is 0 Å². The van der Waals surface area contributed by atoms with Crippen LogP contribution in [0.3, 0.4) is 0 Å². The molecule has 2 atom stereocenters. The Hall–Kier alpha value is -0.390. The van der Waals surface area contributed by atoms with Crippen molar-refractivity contribution in [2.75, 3.05) is 18.5 Å². The van der Waals surface area contributed by atoms with Gasteiger partial charge in [-0.25, -0.2) is 4.79 Å². The molecule has 88 valence electrons. The number of hydrogen-bond acceptors (Lipinski definition) is 4. The molecule has 0 spiro atoms. The van der Waals surface area contributed by atoms with Gasteiger partial charge < -0.3 is 14.6 Å². The lowest BCUT2D eigenvalue weighted by Gasteiger charge is -2.32. The van der Waals surface area contributed by atoms with Gasteiger partial charge in [-0.05, 0) is 6.92 Å². The molecule has 0 rings (SSSR count). The Balaban J connectivity index is 4.61. The zero-order valence-electron chi connectivity index (χ0n) is 9.03. The summed E-state index contributed by atoms with van der Waals surface area (Å²) in [5, 5.41) is 9.70. The molecule has 0 saturated carbocycles. The lowest BCUT2D eigenvalue weighted by molar-refractivity contribution is -0.204. The Kier molecular flexibility index (Phi) is 6.80. The van der Waals surface area contributed by atoms with E-state index in [0.29, 0.717) is 11.9 Å². The van der Waals surface area contributed by atoms with Crippen LogP contribution in [0.15, 0.2) is 12.7 Å². The first-order valence-corrected chi connectivity index (χ1v) is 5.77. The second-order valence-corrected chi connectivity index (χ2v) is 3.93. The minimum Gasteiger partial charge on any atom is -0.432 e. The Morgan fingerprint density at radius 2 is 2.33 bits per heavy atom. The molecule has 15 heavy (non-hydrogen) atoms. The molecular formula is C10H17BrO4. The molecular weight excluding hydrogens is 264 g/mol. The van der Waals surface area contributed by atoms with E-state index in [-0.39, 0.29) is 6.61 Å². The first-order valence-electron chi connectivity index (χ1n) is 4.65. The van der Waals surface area contributed by atoms with Gasteiger partial charge in [-0.1, -0.05) is 29.4 Å². The van der Waals surface area contributed by atoms with Crippen LogP contribution >= 0.6 is 15.9 Å². The number of carbonyl (C=O) groups is 1. The van der Waals surface area contributed by atoms with E-state index in [1.54, 1.807) is 13.8 Å². The van der Waals surface area contributed by atoms with Gasteiger partial charge in [-0.15, -0.1) is 0 Å². The molecule has 0 amide bonds. The molecule has 0 aromatic rings. The Bertz CT molecular complexity index is 213. The molecule has 0 aliphatic heterocycles. The molecule has 0 radical (unpaired) electrons. The van der Waals surface area contributed by atoms with Gasteiger partial charge in [0.2, 0.25) is 6.29 Å². The van der Waals surface area contributed by atoms with Crippen molar-refractivity contribution in [2.24, 2.45) is 5.41 Å². The molecule has 0 fully saturated rings. The highest BCUT2D eigenvalue weighted by Gasteiger charge is 2.36. The number of halogens is 1. The minimum atomic E-state index is -0.780. The lowest BCUT2D eigenvalue weighted by atomic mass is 9.94. The molecule has 0 heterocycles. The third-order valence-electron chi connectivity index (χ3n) is 1.94. The molecule has 0 aromatic heterocycles. The Morgan fingerprint density at radius 3 is 2.67 bits per heavy atom. The first kappa shape index (κ1) is 14.6. The number of ether oxygens (including phenoxy) is 2. The van der Waals surface area contributed by atoms with Gasteiger partial charge in [0.05, 0.1) is 12.0 Å². The zero-order valence-corrected chi connectivity index (χ0v) is 10.6. The number of rotatable bonds is 7. The quantitative estimate of drug-likeness (QED) is 0.332. The van der Waals surface area contributed by atoms with Crippen molar-refractivity contribution in [3.05, 3.63) is 12.7 Å². The summed E-state index contributed by atoms with van der Waals surface area (Å²) in [6.07, 6.45) is 0.287. The van der Waals surface area contributed by atoms with E-state index in [4.69, 9.17) is 9.47 Å². The molecule has 0 bridgehead atoms. The van der Waals surface area contributed by atoms with Crippen LogP contribution in [0, 0.1) is 5.41 Å². The summed E-state index contributed by atoms with van der Waals surface area (Å²) in [7, 11) is 0. The van der Waals surface area contributed by atoms with E-state index in [2.05, 4.69) is 22.5 Å². The van der Waals surface area contributed by atoms with Gasteiger partial charge in [0.15, 0.2) is 0 Å². The molecule has 0 saturated heterocycles. The van der Waals surface area contributed by atoms with Gasteiger partial charge in [0, 0.05) is 18.0 Å². The van der Waals surface area contributed by atoms with Crippen LogP contribution < -0.4 is 0 Å². The second-order valence-electron chi connectivity index (χ2n) is 3.37. The third-order valence-corrected chi connectivity index (χ3v) is 3.22. The fourth-order valence-corrected chi connectivity index (χ4v) is 1.30. The van der Waals surface area contributed by atoms with Crippen LogP contribution in [0.4, 0.5) is 0 Å². The summed E-state index contributed by atoms with van der Waals surface area (Å²) in [6.45, 7) is 7.11. The average Bonchev–Trinajstić information content (AvgIpc) is 2.27. The van der Waals surface area contributed by atoms with Gasteiger partial charge in [-0.3, -0.25) is 0 Å². The molecule has 0 aromatic carbocycles. The summed E-state index contributed by atoms with van der Waals surface area (Å²) in [6, 6.07) is 0. The molecule has 1 N–H and O–H groups in total. The monoisotopic (exact) mass is 280 g/mol. The molecule has 2 unspecified atom stereocenters. The fourth-order valence-electron chi connectivity index (χ4n) is 0.862. The third kappa shape index (κ3) is 4.32.